The SMILES string of the molecule is CO[C@@H]1CCC[C@H]1[C@@H]1COCCN1Cc1nnc(C2CCC2)n1C. The molecule has 0 spiro atoms. The molecular weight excluding hydrogens is 304 g/mol. The van der Waals surface area contributed by atoms with Gasteiger partial charge in [-0.15, -0.1) is 10.2 Å². The second-order valence-corrected chi connectivity index (χ2v) is 7.64. The molecule has 1 aliphatic heterocycles. The van der Waals surface area contributed by atoms with Gasteiger partial charge in [0.15, 0.2) is 0 Å². The molecule has 3 aliphatic rings. The predicted molar refractivity (Wildman–Crippen MR) is 90.8 cm³/mol. The first-order valence-electron chi connectivity index (χ1n) is 9.50. The summed E-state index contributed by atoms with van der Waals surface area (Å²) >= 11 is 0. The van der Waals surface area contributed by atoms with Crippen LogP contribution in [0.3, 0.4) is 0 Å². The Kier molecular flexibility index (Phi) is 4.88. The summed E-state index contributed by atoms with van der Waals surface area (Å²) in [6.45, 7) is 3.48. The number of aromatic nitrogens is 3. The van der Waals surface area contributed by atoms with Gasteiger partial charge in [-0.3, -0.25) is 4.90 Å². The van der Waals surface area contributed by atoms with E-state index in [1.54, 1.807) is 0 Å². The van der Waals surface area contributed by atoms with Crippen LogP contribution in [0.25, 0.3) is 0 Å². The van der Waals surface area contributed by atoms with Crippen molar-refractivity contribution in [2.75, 3.05) is 26.9 Å². The van der Waals surface area contributed by atoms with Crippen LogP contribution in [-0.4, -0.2) is 58.7 Å². The number of hydrogen-bond acceptors (Lipinski definition) is 5. The molecule has 6 heteroatoms. The van der Waals surface area contributed by atoms with Gasteiger partial charge >= 0.3 is 0 Å². The molecule has 0 unspecified atom stereocenters. The van der Waals surface area contributed by atoms with Gasteiger partial charge in [0.25, 0.3) is 0 Å². The average molecular weight is 334 g/mol. The molecule has 3 atom stereocenters. The van der Waals surface area contributed by atoms with Crippen LogP contribution < -0.4 is 0 Å². The van der Waals surface area contributed by atoms with Crippen LogP contribution in [0.5, 0.6) is 0 Å². The number of nitrogens with zero attached hydrogens (tertiary/aromatic N) is 4. The fourth-order valence-corrected chi connectivity index (χ4v) is 4.65. The summed E-state index contributed by atoms with van der Waals surface area (Å²) in [4.78, 5) is 2.56. The van der Waals surface area contributed by atoms with E-state index >= 15 is 0 Å². The van der Waals surface area contributed by atoms with Crippen molar-refractivity contribution in [1.29, 1.82) is 0 Å². The Morgan fingerprint density at radius 1 is 1.17 bits per heavy atom. The number of hydrogen-bond donors (Lipinski definition) is 0. The van der Waals surface area contributed by atoms with Gasteiger partial charge in [0, 0.05) is 38.6 Å². The fourth-order valence-electron chi connectivity index (χ4n) is 4.65. The Morgan fingerprint density at radius 3 is 2.75 bits per heavy atom. The number of rotatable bonds is 5. The van der Waals surface area contributed by atoms with Crippen molar-refractivity contribution in [1.82, 2.24) is 19.7 Å². The Labute approximate surface area is 144 Å². The summed E-state index contributed by atoms with van der Waals surface area (Å²) in [5.41, 5.74) is 0. The molecule has 4 rings (SSSR count). The molecule has 3 fully saturated rings. The second-order valence-electron chi connectivity index (χ2n) is 7.64. The van der Waals surface area contributed by atoms with Crippen molar-refractivity contribution in [3.63, 3.8) is 0 Å². The van der Waals surface area contributed by atoms with Crippen LogP contribution in [0, 0.1) is 5.92 Å². The normalized spacial score (nSPS) is 32.2. The van der Waals surface area contributed by atoms with E-state index in [1.807, 2.05) is 7.11 Å². The third-order valence-corrected chi connectivity index (χ3v) is 6.39. The lowest BCUT2D eigenvalue weighted by molar-refractivity contribution is -0.0618. The minimum Gasteiger partial charge on any atom is -0.381 e. The zero-order chi connectivity index (χ0) is 16.5. The zero-order valence-electron chi connectivity index (χ0n) is 15.0. The molecule has 6 nitrogen and oxygen atoms in total. The molecule has 134 valence electrons. The number of ether oxygens (including phenoxy) is 2. The Balaban J connectivity index is 1.48. The van der Waals surface area contributed by atoms with E-state index in [0.29, 0.717) is 24.0 Å². The number of methoxy groups -OCH3 is 1. The third-order valence-electron chi connectivity index (χ3n) is 6.39. The minimum absolute atomic E-state index is 0.379. The lowest BCUT2D eigenvalue weighted by Gasteiger charge is -2.40. The Morgan fingerprint density at radius 2 is 2.00 bits per heavy atom. The minimum atomic E-state index is 0.379. The van der Waals surface area contributed by atoms with Gasteiger partial charge in [0.05, 0.1) is 25.9 Å². The lowest BCUT2D eigenvalue weighted by atomic mass is 9.85. The summed E-state index contributed by atoms with van der Waals surface area (Å²) in [5, 5.41) is 9.00. The van der Waals surface area contributed by atoms with Crippen molar-refractivity contribution in [3.8, 4) is 0 Å². The van der Waals surface area contributed by atoms with Crippen LogP contribution in [0.2, 0.25) is 0 Å². The highest BCUT2D eigenvalue weighted by Gasteiger charge is 2.39. The maximum Gasteiger partial charge on any atom is 0.146 e. The largest absolute Gasteiger partial charge is 0.381 e. The first-order chi connectivity index (χ1) is 11.8. The molecule has 2 saturated carbocycles. The van der Waals surface area contributed by atoms with Gasteiger partial charge in [-0.1, -0.05) is 12.8 Å². The molecule has 0 N–H and O–H groups in total. The maximum absolute atomic E-state index is 5.82. The third kappa shape index (κ3) is 3.00. The second kappa shape index (κ2) is 7.10. The Hall–Kier alpha value is -0.980. The first kappa shape index (κ1) is 16.5. The smallest absolute Gasteiger partial charge is 0.146 e. The molecule has 0 bridgehead atoms. The monoisotopic (exact) mass is 334 g/mol. The summed E-state index contributed by atoms with van der Waals surface area (Å²) in [5.74, 6) is 3.48. The average Bonchev–Trinajstić information content (AvgIpc) is 3.15. The van der Waals surface area contributed by atoms with Gasteiger partial charge in [-0.2, -0.15) is 0 Å². The van der Waals surface area contributed by atoms with Crippen molar-refractivity contribution < 1.29 is 9.47 Å². The molecule has 0 radical (unpaired) electrons. The highest BCUT2D eigenvalue weighted by atomic mass is 16.5. The van der Waals surface area contributed by atoms with Crippen LogP contribution in [0.4, 0.5) is 0 Å². The zero-order valence-corrected chi connectivity index (χ0v) is 15.0. The quantitative estimate of drug-likeness (QED) is 0.825. The van der Waals surface area contributed by atoms with E-state index in [0.717, 1.165) is 32.1 Å². The molecule has 0 amide bonds. The van der Waals surface area contributed by atoms with Crippen molar-refractivity contribution in [2.45, 2.75) is 63.1 Å². The summed E-state index contributed by atoms with van der Waals surface area (Å²) in [7, 11) is 3.98. The summed E-state index contributed by atoms with van der Waals surface area (Å²) in [6, 6.07) is 0.440. The highest BCUT2D eigenvalue weighted by molar-refractivity contribution is 5.05. The molecule has 1 saturated heterocycles. The first-order valence-corrected chi connectivity index (χ1v) is 9.50. The van der Waals surface area contributed by atoms with Crippen molar-refractivity contribution >= 4 is 0 Å². The van der Waals surface area contributed by atoms with Gasteiger partial charge in [-0.25, -0.2) is 0 Å². The molecule has 2 heterocycles. The van der Waals surface area contributed by atoms with Gasteiger partial charge in [-0.05, 0) is 25.7 Å². The molecular formula is C18H30N4O2. The van der Waals surface area contributed by atoms with E-state index in [9.17, 15) is 0 Å². The van der Waals surface area contributed by atoms with Crippen molar-refractivity contribution in [3.05, 3.63) is 11.6 Å². The summed E-state index contributed by atoms with van der Waals surface area (Å²) < 4.78 is 13.8. The van der Waals surface area contributed by atoms with E-state index in [1.165, 1.54) is 44.3 Å². The molecule has 1 aromatic heterocycles. The lowest BCUT2D eigenvalue weighted by Crippen LogP contribution is -2.51. The van der Waals surface area contributed by atoms with E-state index in [-0.39, 0.29) is 0 Å². The Bertz CT molecular complexity index is 557. The van der Waals surface area contributed by atoms with E-state index < -0.39 is 0 Å². The van der Waals surface area contributed by atoms with Crippen LogP contribution in [0.1, 0.15) is 56.1 Å². The van der Waals surface area contributed by atoms with Crippen LogP contribution >= 0.6 is 0 Å². The van der Waals surface area contributed by atoms with E-state index in [4.69, 9.17) is 9.47 Å². The predicted octanol–water partition coefficient (Wildman–Crippen LogP) is 2.10. The standard InChI is InChI=1S/C18H30N4O2/c1-21-17(19-20-18(21)13-5-3-6-13)11-22-9-10-24-12-15(22)14-7-4-8-16(14)23-2/h13-16H,3-12H2,1-2H3/t14-,15-,16+/m0/s1. The molecule has 0 aromatic carbocycles. The fraction of sp³-hybridized carbons (Fsp3) is 0.889. The van der Waals surface area contributed by atoms with Gasteiger partial charge < -0.3 is 14.0 Å². The molecule has 2 aliphatic carbocycles. The van der Waals surface area contributed by atoms with Crippen molar-refractivity contribution in [2.24, 2.45) is 13.0 Å². The van der Waals surface area contributed by atoms with Crippen LogP contribution in [-0.2, 0) is 23.1 Å². The van der Waals surface area contributed by atoms with Gasteiger partial charge in [0.1, 0.15) is 11.6 Å². The highest BCUT2D eigenvalue weighted by Crippen LogP contribution is 2.36. The molecule has 1 aromatic rings. The number of morpholine rings is 1. The van der Waals surface area contributed by atoms with E-state index in [2.05, 4.69) is 26.7 Å². The van der Waals surface area contributed by atoms with Gasteiger partial charge in [0.2, 0.25) is 0 Å². The summed E-state index contributed by atoms with van der Waals surface area (Å²) in [6.07, 6.45) is 7.94. The topological polar surface area (TPSA) is 52.4 Å². The molecule has 24 heavy (non-hydrogen) atoms. The maximum atomic E-state index is 5.82. The van der Waals surface area contributed by atoms with Crippen LogP contribution in [0.15, 0.2) is 0 Å².